The van der Waals surface area contributed by atoms with E-state index in [0.717, 1.165) is 31.2 Å². The maximum Gasteiger partial charge on any atom is 0.387 e. The Labute approximate surface area is 163 Å². The molecular formula is C19H24F2N2O4S. The van der Waals surface area contributed by atoms with Crippen LogP contribution in [-0.4, -0.2) is 34.0 Å². The van der Waals surface area contributed by atoms with Crippen molar-refractivity contribution in [2.24, 2.45) is 5.92 Å². The summed E-state index contributed by atoms with van der Waals surface area (Å²) in [5.74, 6) is 0.0991. The molecule has 1 amide bonds. The van der Waals surface area contributed by atoms with Gasteiger partial charge < -0.3 is 10.1 Å². The SMILES string of the molecule is O=C(NCCNS(=O)(=O)C1=Cc2ccc(OC(F)F)cc2CC1)C1CCCC1. The highest BCUT2D eigenvalue weighted by molar-refractivity contribution is 7.93. The number of hydrogen-bond acceptors (Lipinski definition) is 4. The van der Waals surface area contributed by atoms with Crippen molar-refractivity contribution in [3.8, 4) is 5.75 Å². The van der Waals surface area contributed by atoms with Crippen molar-refractivity contribution in [2.45, 2.75) is 45.1 Å². The van der Waals surface area contributed by atoms with Crippen LogP contribution >= 0.6 is 0 Å². The number of benzene rings is 1. The topological polar surface area (TPSA) is 84.5 Å². The number of carbonyl (C=O) groups excluding carboxylic acids is 1. The molecule has 1 saturated carbocycles. The third kappa shape index (κ3) is 5.29. The lowest BCUT2D eigenvalue weighted by atomic mass is 9.97. The fourth-order valence-electron chi connectivity index (χ4n) is 3.63. The number of hydrogen-bond donors (Lipinski definition) is 2. The largest absolute Gasteiger partial charge is 0.435 e. The molecule has 6 nitrogen and oxygen atoms in total. The molecule has 1 fully saturated rings. The zero-order valence-electron chi connectivity index (χ0n) is 15.4. The number of sulfonamides is 1. The molecule has 0 aromatic heterocycles. The summed E-state index contributed by atoms with van der Waals surface area (Å²) >= 11 is 0. The minimum absolute atomic E-state index is 0.00988. The van der Waals surface area contributed by atoms with E-state index in [1.165, 1.54) is 12.1 Å². The average molecular weight is 414 g/mol. The van der Waals surface area contributed by atoms with Gasteiger partial charge in [-0.3, -0.25) is 4.79 Å². The van der Waals surface area contributed by atoms with Crippen LogP contribution in [0.2, 0.25) is 0 Å². The molecule has 2 aliphatic carbocycles. The van der Waals surface area contributed by atoms with E-state index in [-0.39, 0.29) is 42.0 Å². The summed E-state index contributed by atoms with van der Waals surface area (Å²) < 4.78 is 56.5. The fraction of sp³-hybridized carbons (Fsp3) is 0.526. The normalized spacial score (nSPS) is 17.3. The van der Waals surface area contributed by atoms with Crippen LogP contribution < -0.4 is 14.8 Å². The third-order valence-corrected chi connectivity index (χ3v) is 6.68. The van der Waals surface area contributed by atoms with E-state index in [0.29, 0.717) is 12.0 Å². The number of alkyl halides is 2. The Kier molecular flexibility index (Phi) is 6.66. The minimum Gasteiger partial charge on any atom is -0.435 e. The number of halogens is 2. The van der Waals surface area contributed by atoms with Crippen molar-refractivity contribution in [2.75, 3.05) is 13.1 Å². The second-order valence-corrected chi connectivity index (χ2v) is 8.84. The van der Waals surface area contributed by atoms with Gasteiger partial charge in [0.15, 0.2) is 0 Å². The predicted molar refractivity (Wildman–Crippen MR) is 101 cm³/mol. The fourth-order valence-corrected chi connectivity index (χ4v) is 4.84. The molecule has 0 heterocycles. The predicted octanol–water partition coefficient (Wildman–Crippen LogP) is 2.80. The minimum atomic E-state index is -3.66. The molecule has 0 atom stereocenters. The van der Waals surface area contributed by atoms with E-state index in [4.69, 9.17) is 0 Å². The van der Waals surface area contributed by atoms with Gasteiger partial charge in [0.1, 0.15) is 5.75 Å². The second-order valence-electron chi connectivity index (χ2n) is 7.02. The summed E-state index contributed by atoms with van der Waals surface area (Å²) in [6.07, 6.45) is 6.16. The van der Waals surface area contributed by atoms with Gasteiger partial charge in [0.05, 0.1) is 4.91 Å². The van der Waals surface area contributed by atoms with Crippen LogP contribution in [0, 0.1) is 5.92 Å². The first-order valence-electron chi connectivity index (χ1n) is 9.41. The smallest absolute Gasteiger partial charge is 0.387 e. The molecule has 0 aliphatic heterocycles. The lowest BCUT2D eigenvalue weighted by Gasteiger charge is -2.18. The number of carbonyl (C=O) groups is 1. The Morgan fingerprint density at radius 2 is 1.93 bits per heavy atom. The highest BCUT2D eigenvalue weighted by Gasteiger charge is 2.24. The molecule has 0 bridgehead atoms. The van der Waals surface area contributed by atoms with Crippen LogP contribution in [0.15, 0.2) is 23.1 Å². The molecule has 0 radical (unpaired) electrons. The Hall–Kier alpha value is -2.00. The van der Waals surface area contributed by atoms with Crippen molar-refractivity contribution in [3.63, 3.8) is 0 Å². The number of nitrogens with one attached hydrogen (secondary N) is 2. The van der Waals surface area contributed by atoms with E-state index < -0.39 is 16.6 Å². The maximum atomic E-state index is 12.5. The van der Waals surface area contributed by atoms with Gasteiger partial charge in [-0.1, -0.05) is 18.9 Å². The standard InChI is InChI=1S/C19H24F2N2O4S/c20-19(21)27-16-7-5-15-12-17(8-6-14(15)11-16)28(25,26)23-10-9-22-18(24)13-3-1-2-4-13/h5,7,11-13,19,23H,1-4,6,8-10H2,(H,22,24). The number of ether oxygens (including phenoxy) is 1. The van der Waals surface area contributed by atoms with E-state index in [1.54, 1.807) is 12.1 Å². The Morgan fingerprint density at radius 3 is 2.64 bits per heavy atom. The van der Waals surface area contributed by atoms with Gasteiger partial charge in [0, 0.05) is 19.0 Å². The monoisotopic (exact) mass is 414 g/mol. The molecule has 3 rings (SSSR count). The molecule has 0 unspecified atom stereocenters. The molecule has 2 N–H and O–H groups in total. The third-order valence-electron chi connectivity index (χ3n) is 5.08. The molecule has 0 saturated heterocycles. The van der Waals surface area contributed by atoms with Crippen molar-refractivity contribution < 1.29 is 26.7 Å². The van der Waals surface area contributed by atoms with Crippen LogP contribution in [0.5, 0.6) is 5.75 Å². The van der Waals surface area contributed by atoms with E-state index in [2.05, 4.69) is 14.8 Å². The quantitative estimate of drug-likeness (QED) is 0.641. The number of fused-ring (bicyclic) bond motifs is 1. The highest BCUT2D eigenvalue weighted by atomic mass is 32.2. The molecule has 0 spiro atoms. The van der Waals surface area contributed by atoms with Crippen molar-refractivity contribution in [3.05, 3.63) is 34.2 Å². The van der Waals surface area contributed by atoms with Gasteiger partial charge in [-0.25, -0.2) is 13.1 Å². The molecule has 9 heteroatoms. The van der Waals surface area contributed by atoms with Gasteiger partial charge >= 0.3 is 6.61 Å². The summed E-state index contributed by atoms with van der Waals surface area (Å²) in [5, 5.41) is 2.78. The number of allylic oxidation sites excluding steroid dienone is 1. The summed E-state index contributed by atoms with van der Waals surface area (Å²) in [6.45, 7) is -2.54. The maximum absolute atomic E-state index is 12.5. The van der Waals surface area contributed by atoms with Crippen molar-refractivity contribution >= 4 is 22.0 Å². The number of rotatable bonds is 8. The zero-order valence-corrected chi connectivity index (χ0v) is 16.2. The van der Waals surface area contributed by atoms with Gasteiger partial charge in [-0.15, -0.1) is 0 Å². The first-order valence-corrected chi connectivity index (χ1v) is 10.9. The molecule has 2 aliphatic rings. The van der Waals surface area contributed by atoms with Gasteiger partial charge in [-0.05, 0) is 55.0 Å². The Morgan fingerprint density at radius 1 is 1.18 bits per heavy atom. The lowest BCUT2D eigenvalue weighted by Crippen LogP contribution is -2.37. The zero-order chi connectivity index (χ0) is 20.1. The molecule has 1 aromatic rings. The van der Waals surface area contributed by atoms with Gasteiger partial charge in [0.25, 0.3) is 0 Å². The summed E-state index contributed by atoms with van der Waals surface area (Å²) in [7, 11) is -3.66. The Balaban J connectivity index is 1.55. The van der Waals surface area contributed by atoms with E-state index >= 15 is 0 Å². The van der Waals surface area contributed by atoms with Crippen LogP contribution in [0.1, 0.15) is 43.2 Å². The lowest BCUT2D eigenvalue weighted by molar-refractivity contribution is -0.124. The first-order chi connectivity index (χ1) is 13.3. The number of aryl methyl sites for hydroxylation is 1. The summed E-state index contributed by atoms with van der Waals surface area (Å²) in [5.41, 5.74) is 1.43. The summed E-state index contributed by atoms with van der Waals surface area (Å²) in [4.78, 5) is 12.2. The van der Waals surface area contributed by atoms with Gasteiger partial charge in [0.2, 0.25) is 15.9 Å². The van der Waals surface area contributed by atoms with Crippen molar-refractivity contribution in [1.29, 1.82) is 0 Å². The molecular weight excluding hydrogens is 390 g/mol. The van der Waals surface area contributed by atoms with Crippen LogP contribution in [0.3, 0.4) is 0 Å². The van der Waals surface area contributed by atoms with Crippen LogP contribution in [0.25, 0.3) is 6.08 Å². The molecule has 28 heavy (non-hydrogen) atoms. The molecule has 154 valence electrons. The first kappa shape index (κ1) is 20.7. The van der Waals surface area contributed by atoms with E-state index in [9.17, 15) is 22.0 Å². The van der Waals surface area contributed by atoms with Crippen LogP contribution in [0.4, 0.5) is 8.78 Å². The Bertz CT molecular complexity index is 849. The number of amides is 1. The highest BCUT2D eigenvalue weighted by Crippen LogP contribution is 2.30. The van der Waals surface area contributed by atoms with Crippen LogP contribution in [-0.2, 0) is 21.2 Å². The van der Waals surface area contributed by atoms with Crippen molar-refractivity contribution in [1.82, 2.24) is 10.0 Å². The average Bonchev–Trinajstić information content (AvgIpc) is 3.19. The summed E-state index contributed by atoms with van der Waals surface area (Å²) in [6, 6.07) is 4.47. The second kappa shape index (κ2) is 9.00. The van der Waals surface area contributed by atoms with E-state index in [1.807, 2.05) is 0 Å². The molecule has 1 aromatic carbocycles. The van der Waals surface area contributed by atoms with Gasteiger partial charge in [-0.2, -0.15) is 8.78 Å².